The van der Waals surface area contributed by atoms with E-state index in [1.807, 2.05) is 0 Å². The number of fused-ring (bicyclic) bond motifs is 1. The first-order valence-electron chi connectivity index (χ1n) is 13.3. The van der Waals surface area contributed by atoms with Crippen molar-refractivity contribution in [2.45, 2.75) is 19.8 Å². The minimum Gasteiger partial charge on any atom is -0.496 e. The van der Waals surface area contributed by atoms with Crippen molar-refractivity contribution in [3.05, 3.63) is 101 Å². The van der Waals surface area contributed by atoms with Crippen molar-refractivity contribution < 1.29 is 27.5 Å². The van der Waals surface area contributed by atoms with Crippen LogP contribution in [0.25, 0.3) is 33.4 Å². The second kappa shape index (κ2) is 12.2. The highest BCUT2D eigenvalue weighted by atomic mass is 19.1. The molecule has 0 aliphatic heterocycles. The van der Waals surface area contributed by atoms with Crippen LogP contribution in [0.1, 0.15) is 38.5 Å². The fourth-order valence-corrected chi connectivity index (χ4v) is 4.83. The monoisotopic (exact) mass is 570 g/mol. The number of ether oxygens (including phenoxy) is 1. The van der Waals surface area contributed by atoms with Gasteiger partial charge in [0.1, 0.15) is 34.6 Å². The van der Waals surface area contributed by atoms with Crippen LogP contribution < -0.4 is 15.4 Å². The zero-order valence-corrected chi connectivity index (χ0v) is 23.3. The minimum atomic E-state index is -0.689. The molecule has 2 amide bonds. The Morgan fingerprint density at radius 2 is 1.71 bits per heavy atom. The normalized spacial score (nSPS) is 11.0. The minimum absolute atomic E-state index is 0.00927. The summed E-state index contributed by atoms with van der Waals surface area (Å²) in [6.45, 7) is 2.16. The summed E-state index contributed by atoms with van der Waals surface area (Å²) in [7, 11) is 2.89. The van der Waals surface area contributed by atoms with Crippen molar-refractivity contribution in [1.82, 2.24) is 20.6 Å². The number of rotatable bonds is 9. The highest BCUT2D eigenvalue weighted by molar-refractivity contribution is 6.12. The third-order valence-corrected chi connectivity index (χ3v) is 6.92. The van der Waals surface area contributed by atoms with Gasteiger partial charge in [0.15, 0.2) is 0 Å². The van der Waals surface area contributed by atoms with Crippen LogP contribution in [-0.2, 0) is 6.42 Å². The number of amides is 2. The van der Waals surface area contributed by atoms with E-state index in [2.05, 4.69) is 20.6 Å². The van der Waals surface area contributed by atoms with Gasteiger partial charge < -0.3 is 19.8 Å². The highest BCUT2D eigenvalue weighted by Gasteiger charge is 2.27. The summed E-state index contributed by atoms with van der Waals surface area (Å²) in [6, 6.07) is 13.5. The topological polar surface area (TPSA) is 106 Å². The average molecular weight is 571 g/mol. The highest BCUT2D eigenvalue weighted by Crippen LogP contribution is 2.40. The molecule has 5 rings (SSSR count). The van der Waals surface area contributed by atoms with E-state index in [9.17, 15) is 14.0 Å². The Morgan fingerprint density at radius 1 is 0.976 bits per heavy atom. The standard InChI is InChI=1S/C32H28F2N4O4/c1-18-16-25(41-3)23(31(39)38-13-4-6-26-36-14-5-15-37-26)17-22(18)21-11-12-24-27(29(21)34)28(32(40)35-2)30(42-24)19-7-9-20(33)10-8-19/h5,7-12,14-17H,4,6,13H2,1-3H3,(H,35,40)(H,38,39). The first kappa shape index (κ1) is 28.4. The predicted octanol–water partition coefficient (Wildman–Crippen LogP) is 5.87. The fourth-order valence-electron chi connectivity index (χ4n) is 4.83. The van der Waals surface area contributed by atoms with Gasteiger partial charge in [-0.3, -0.25) is 9.59 Å². The summed E-state index contributed by atoms with van der Waals surface area (Å²) in [6.07, 6.45) is 4.56. The number of aromatic nitrogens is 2. The van der Waals surface area contributed by atoms with Gasteiger partial charge in [0, 0.05) is 43.5 Å². The molecule has 0 saturated heterocycles. The van der Waals surface area contributed by atoms with Gasteiger partial charge in [-0.25, -0.2) is 18.7 Å². The van der Waals surface area contributed by atoms with Gasteiger partial charge >= 0.3 is 0 Å². The van der Waals surface area contributed by atoms with Crippen LogP contribution in [0, 0.1) is 18.6 Å². The zero-order valence-electron chi connectivity index (χ0n) is 23.3. The van der Waals surface area contributed by atoms with Crippen molar-refractivity contribution in [3.63, 3.8) is 0 Å². The Balaban J connectivity index is 1.52. The van der Waals surface area contributed by atoms with Crippen LogP contribution in [-0.4, -0.2) is 42.5 Å². The molecule has 0 saturated carbocycles. The molecular weight excluding hydrogens is 542 g/mol. The molecular formula is C32H28F2N4O4. The molecule has 42 heavy (non-hydrogen) atoms. The quantitative estimate of drug-likeness (QED) is 0.215. The summed E-state index contributed by atoms with van der Waals surface area (Å²) in [5.41, 5.74) is 2.09. The fraction of sp³-hybridized carbons (Fsp3) is 0.188. The second-order valence-electron chi connectivity index (χ2n) is 9.58. The number of nitrogens with one attached hydrogen (secondary N) is 2. The number of carbonyl (C=O) groups is 2. The number of hydrogen-bond acceptors (Lipinski definition) is 6. The Hall–Kier alpha value is -5.12. The van der Waals surface area contributed by atoms with Crippen LogP contribution in [0.4, 0.5) is 8.78 Å². The summed E-state index contributed by atoms with van der Waals surface area (Å²) in [5, 5.41) is 5.40. The van der Waals surface area contributed by atoms with Crippen molar-refractivity contribution in [1.29, 1.82) is 0 Å². The lowest BCUT2D eigenvalue weighted by molar-refractivity contribution is 0.0946. The van der Waals surface area contributed by atoms with E-state index in [0.717, 1.165) is 0 Å². The van der Waals surface area contributed by atoms with Crippen LogP contribution in [0.5, 0.6) is 5.75 Å². The number of methoxy groups -OCH3 is 1. The zero-order chi connectivity index (χ0) is 29.8. The number of hydrogen-bond donors (Lipinski definition) is 2. The van der Waals surface area contributed by atoms with E-state index in [4.69, 9.17) is 9.15 Å². The molecule has 0 aliphatic rings. The van der Waals surface area contributed by atoms with E-state index in [1.54, 1.807) is 49.6 Å². The molecule has 2 N–H and O–H groups in total. The molecule has 8 nitrogen and oxygen atoms in total. The largest absolute Gasteiger partial charge is 0.496 e. The Kier molecular flexibility index (Phi) is 8.24. The van der Waals surface area contributed by atoms with Gasteiger partial charge in [0.05, 0.1) is 23.6 Å². The number of benzene rings is 3. The molecule has 3 aromatic carbocycles. The number of carbonyl (C=O) groups excluding carboxylic acids is 2. The van der Waals surface area contributed by atoms with Gasteiger partial charge in [0.25, 0.3) is 11.8 Å². The Bertz CT molecular complexity index is 1770. The summed E-state index contributed by atoms with van der Waals surface area (Å²) < 4.78 is 41.3. The molecule has 0 unspecified atom stereocenters. The maximum atomic E-state index is 16.4. The number of halogens is 2. The van der Waals surface area contributed by atoms with Crippen LogP contribution >= 0.6 is 0 Å². The molecule has 0 spiro atoms. The van der Waals surface area contributed by atoms with Crippen LogP contribution in [0.2, 0.25) is 0 Å². The SMILES string of the molecule is CNC(=O)c1c(-c2ccc(F)cc2)oc2ccc(-c3cc(C(=O)NCCCc4ncccn4)c(OC)cc3C)c(F)c12. The number of furan rings is 1. The molecule has 5 aromatic rings. The smallest absolute Gasteiger partial charge is 0.255 e. The maximum absolute atomic E-state index is 16.4. The third-order valence-electron chi connectivity index (χ3n) is 6.92. The first-order chi connectivity index (χ1) is 20.3. The molecule has 0 aliphatic carbocycles. The van der Waals surface area contributed by atoms with E-state index < -0.39 is 17.5 Å². The third kappa shape index (κ3) is 5.56. The first-order valence-corrected chi connectivity index (χ1v) is 13.3. The van der Waals surface area contributed by atoms with Crippen molar-refractivity contribution >= 4 is 22.8 Å². The van der Waals surface area contributed by atoms with Gasteiger partial charge in [0.2, 0.25) is 0 Å². The van der Waals surface area contributed by atoms with E-state index in [0.29, 0.717) is 47.7 Å². The molecule has 214 valence electrons. The summed E-state index contributed by atoms with van der Waals surface area (Å²) >= 11 is 0. The van der Waals surface area contributed by atoms with Crippen molar-refractivity contribution in [2.75, 3.05) is 20.7 Å². The number of aryl methyl sites for hydroxylation is 2. The summed E-state index contributed by atoms with van der Waals surface area (Å²) in [4.78, 5) is 34.5. The van der Waals surface area contributed by atoms with E-state index >= 15 is 4.39 Å². The molecule has 0 atom stereocenters. The van der Waals surface area contributed by atoms with Gasteiger partial charge in [-0.15, -0.1) is 0 Å². The van der Waals surface area contributed by atoms with Gasteiger partial charge in [-0.05, 0) is 79.1 Å². The van der Waals surface area contributed by atoms with Crippen molar-refractivity contribution in [3.8, 4) is 28.2 Å². The lowest BCUT2D eigenvalue weighted by Crippen LogP contribution is -2.25. The van der Waals surface area contributed by atoms with E-state index in [1.165, 1.54) is 38.4 Å². The Labute approximate surface area is 240 Å². The summed E-state index contributed by atoms with van der Waals surface area (Å²) in [5.74, 6) is -0.934. The maximum Gasteiger partial charge on any atom is 0.255 e. The molecule has 2 aromatic heterocycles. The van der Waals surface area contributed by atoms with E-state index in [-0.39, 0.29) is 39.3 Å². The molecule has 0 fully saturated rings. The Morgan fingerprint density at radius 3 is 2.40 bits per heavy atom. The van der Waals surface area contributed by atoms with Crippen LogP contribution in [0.15, 0.2) is 71.4 Å². The molecule has 0 bridgehead atoms. The molecule has 0 radical (unpaired) electrons. The lowest BCUT2D eigenvalue weighted by Gasteiger charge is -2.15. The van der Waals surface area contributed by atoms with Crippen LogP contribution in [0.3, 0.4) is 0 Å². The lowest BCUT2D eigenvalue weighted by atomic mass is 9.94. The number of nitrogens with zero attached hydrogens (tertiary/aromatic N) is 2. The average Bonchev–Trinajstić information content (AvgIpc) is 3.40. The van der Waals surface area contributed by atoms with Gasteiger partial charge in [-0.2, -0.15) is 0 Å². The molecule has 10 heteroatoms. The second-order valence-corrected chi connectivity index (χ2v) is 9.58. The predicted molar refractivity (Wildman–Crippen MR) is 154 cm³/mol. The molecule has 2 heterocycles. The van der Waals surface area contributed by atoms with Gasteiger partial charge in [-0.1, -0.05) is 0 Å². The van der Waals surface area contributed by atoms with Crippen molar-refractivity contribution in [2.24, 2.45) is 0 Å².